The van der Waals surface area contributed by atoms with E-state index < -0.39 is 0 Å². The van der Waals surface area contributed by atoms with Gasteiger partial charge in [0, 0.05) is 6.61 Å². The second-order valence-electron chi connectivity index (χ2n) is 3.34. The molecule has 0 heterocycles. The van der Waals surface area contributed by atoms with Gasteiger partial charge in [0.2, 0.25) is 0 Å². The van der Waals surface area contributed by atoms with Crippen molar-refractivity contribution in [2.24, 2.45) is 5.84 Å². The maximum Gasteiger partial charge on any atom is 0.265 e. The molecule has 4 N–H and O–H groups in total. The highest BCUT2D eigenvalue weighted by Gasteiger charge is 2.09. The summed E-state index contributed by atoms with van der Waals surface area (Å²) in [6.07, 6.45) is 4.09. The number of ether oxygens (including phenoxy) is 1. The second kappa shape index (κ2) is 6.67. The van der Waals surface area contributed by atoms with E-state index in [2.05, 4.69) is 5.43 Å². The lowest BCUT2D eigenvalue weighted by Crippen LogP contribution is -2.30. The molecule has 1 aromatic rings. The van der Waals surface area contributed by atoms with Crippen LogP contribution in [-0.4, -0.2) is 24.7 Å². The van der Waals surface area contributed by atoms with Gasteiger partial charge in [0.25, 0.3) is 5.91 Å². The van der Waals surface area contributed by atoms with Crippen molar-refractivity contribution in [3.63, 3.8) is 0 Å². The van der Waals surface area contributed by atoms with Crippen LogP contribution in [0.5, 0.6) is 5.75 Å². The summed E-state index contributed by atoms with van der Waals surface area (Å²) >= 11 is 0. The van der Waals surface area contributed by atoms with Gasteiger partial charge in [-0.25, -0.2) is 5.84 Å². The number of nitrogens with one attached hydrogen (secondary N) is 1. The smallest absolute Gasteiger partial charge is 0.265 e. The topological polar surface area (TPSA) is 84.6 Å². The monoisotopic (exact) mass is 236 g/mol. The average Bonchev–Trinajstić information content (AvgIpc) is 2.38. The fourth-order valence-electron chi connectivity index (χ4n) is 1.37. The van der Waals surface area contributed by atoms with E-state index >= 15 is 0 Å². The highest BCUT2D eigenvalue weighted by Crippen LogP contribution is 2.19. The molecule has 17 heavy (non-hydrogen) atoms. The Morgan fingerprint density at radius 1 is 1.59 bits per heavy atom. The Morgan fingerprint density at radius 3 is 2.94 bits per heavy atom. The zero-order valence-electron chi connectivity index (χ0n) is 9.64. The van der Waals surface area contributed by atoms with E-state index in [0.29, 0.717) is 17.7 Å². The summed E-state index contributed by atoms with van der Waals surface area (Å²) in [6, 6.07) is 5.13. The molecule has 1 aromatic carbocycles. The molecular weight excluding hydrogens is 220 g/mol. The van der Waals surface area contributed by atoms with Gasteiger partial charge in [-0.2, -0.15) is 0 Å². The molecule has 0 saturated heterocycles. The second-order valence-corrected chi connectivity index (χ2v) is 3.34. The summed E-state index contributed by atoms with van der Waals surface area (Å²) in [5.41, 5.74) is 3.24. The fourth-order valence-corrected chi connectivity index (χ4v) is 1.37. The van der Waals surface area contributed by atoms with Crippen LogP contribution < -0.4 is 16.0 Å². The van der Waals surface area contributed by atoms with E-state index in [0.717, 1.165) is 5.56 Å². The molecular formula is C12H16N2O3. The van der Waals surface area contributed by atoms with Crippen molar-refractivity contribution in [1.82, 2.24) is 5.43 Å². The van der Waals surface area contributed by atoms with Crippen LogP contribution in [0.15, 0.2) is 24.3 Å². The summed E-state index contributed by atoms with van der Waals surface area (Å²) in [4.78, 5) is 11.6. The minimum atomic E-state index is -0.382. The van der Waals surface area contributed by atoms with Crippen LogP contribution >= 0.6 is 0 Å². The lowest BCUT2D eigenvalue weighted by molar-refractivity contribution is 0.0953. The molecule has 0 aliphatic heterocycles. The number of nitrogens with two attached hydrogens (primary N) is 1. The fraction of sp³-hybridized carbons (Fsp3) is 0.250. The van der Waals surface area contributed by atoms with Crippen molar-refractivity contribution in [3.8, 4) is 5.75 Å². The van der Waals surface area contributed by atoms with E-state index in [1.807, 2.05) is 0 Å². The number of hydrazine groups is 1. The van der Waals surface area contributed by atoms with Crippen molar-refractivity contribution in [1.29, 1.82) is 0 Å². The van der Waals surface area contributed by atoms with E-state index in [1.165, 1.54) is 7.11 Å². The van der Waals surface area contributed by atoms with Crippen molar-refractivity contribution in [3.05, 3.63) is 35.4 Å². The molecule has 0 atom stereocenters. The number of rotatable bonds is 5. The van der Waals surface area contributed by atoms with Gasteiger partial charge < -0.3 is 9.84 Å². The Labute approximate surface area is 99.9 Å². The number of amides is 1. The van der Waals surface area contributed by atoms with E-state index in [9.17, 15) is 4.79 Å². The molecule has 0 saturated carbocycles. The van der Waals surface area contributed by atoms with E-state index in [-0.39, 0.29) is 12.5 Å². The minimum Gasteiger partial charge on any atom is -0.497 e. The standard InChI is InChI=1S/C12H16N2O3/c1-17-10-6-5-9(4-2-3-7-15)11(8-10)12(16)14-13/h2,4-6,8,15H,3,7,13H2,1H3,(H,14,16). The number of nitrogen functional groups attached to an aromatic ring is 1. The minimum absolute atomic E-state index is 0.0745. The summed E-state index contributed by atoms with van der Waals surface area (Å²) in [5.74, 6) is 5.32. The molecule has 5 nitrogen and oxygen atoms in total. The lowest BCUT2D eigenvalue weighted by Gasteiger charge is -2.07. The zero-order valence-corrected chi connectivity index (χ0v) is 9.64. The van der Waals surface area contributed by atoms with Crippen LogP contribution in [-0.2, 0) is 0 Å². The molecule has 0 aliphatic carbocycles. The third kappa shape index (κ3) is 3.58. The molecule has 0 aromatic heterocycles. The highest BCUT2D eigenvalue weighted by atomic mass is 16.5. The van der Waals surface area contributed by atoms with Gasteiger partial charge in [0.05, 0.1) is 12.7 Å². The zero-order chi connectivity index (χ0) is 12.7. The number of hydrogen-bond donors (Lipinski definition) is 3. The SMILES string of the molecule is COc1ccc(C=CCCO)c(C(=O)NN)c1. The van der Waals surface area contributed by atoms with Crippen LogP contribution in [0.25, 0.3) is 6.08 Å². The molecule has 5 heteroatoms. The first-order chi connectivity index (χ1) is 8.22. The summed E-state index contributed by atoms with van der Waals surface area (Å²) in [6.45, 7) is 0.0745. The van der Waals surface area contributed by atoms with Crippen LogP contribution in [0.2, 0.25) is 0 Å². The number of carbonyl (C=O) groups is 1. The number of aliphatic hydroxyl groups excluding tert-OH is 1. The Balaban J connectivity index is 3.06. The third-order valence-corrected chi connectivity index (χ3v) is 2.23. The van der Waals surface area contributed by atoms with Crippen LogP contribution in [0.3, 0.4) is 0 Å². The Morgan fingerprint density at radius 2 is 2.35 bits per heavy atom. The normalized spacial score (nSPS) is 10.5. The maximum atomic E-state index is 11.6. The third-order valence-electron chi connectivity index (χ3n) is 2.23. The average molecular weight is 236 g/mol. The Hall–Kier alpha value is -1.85. The maximum absolute atomic E-state index is 11.6. The van der Waals surface area contributed by atoms with Crippen molar-refractivity contribution in [2.75, 3.05) is 13.7 Å². The first-order valence-electron chi connectivity index (χ1n) is 5.19. The molecule has 0 bridgehead atoms. The number of benzene rings is 1. The molecule has 92 valence electrons. The van der Waals surface area contributed by atoms with Crippen LogP contribution in [0, 0.1) is 0 Å². The van der Waals surface area contributed by atoms with Gasteiger partial charge in [-0.1, -0.05) is 18.2 Å². The van der Waals surface area contributed by atoms with Gasteiger partial charge in [-0.15, -0.1) is 0 Å². The number of carbonyl (C=O) groups excluding carboxylic acids is 1. The summed E-state index contributed by atoms with van der Waals surface area (Å²) < 4.78 is 5.05. The van der Waals surface area contributed by atoms with Crippen molar-refractivity contribution < 1.29 is 14.6 Å². The number of methoxy groups -OCH3 is 1. The quantitative estimate of drug-likeness (QED) is 0.399. The Kier molecular flexibility index (Phi) is 5.19. The number of aliphatic hydroxyl groups is 1. The first-order valence-corrected chi connectivity index (χ1v) is 5.19. The molecule has 1 rings (SSSR count). The number of hydrogen-bond acceptors (Lipinski definition) is 4. The molecule has 0 fully saturated rings. The summed E-state index contributed by atoms with van der Waals surface area (Å²) in [5, 5.41) is 8.68. The van der Waals surface area contributed by atoms with Gasteiger partial charge in [-0.3, -0.25) is 10.2 Å². The van der Waals surface area contributed by atoms with Crippen LogP contribution in [0.1, 0.15) is 22.3 Å². The molecule has 0 spiro atoms. The van der Waals surface area contributed by atoms with Crippen molar-refractivity contribution in [2.45, 2.75) is 6.42 Å². The first kappa shape index (κ1) is 13.2. The van der Waals surface area contributed by atoms with Crippen LogP contribution in [0.4, 0.5) is 0 Å². The van der Waals surface area contributed by atoms with Gasteiger partial charge in [0.1, 0.15) is 5.75 Å². The lowest BCUT2D eigenvalue weighted by atomic mass is 10.1. The van der Waals surface area contributed by atoms with E-state index in [1.54, 1.807) is 30.4 Å². The molecule has 0 unspecified atom stereocenters. The molecule has 0 radical (unpaired) electrons. The molecule has 1 amide bonds. The largest absolute Gasteiger partial charge is 0.497 e. The van der Waals surface area contributed by atoms with Gasteiger partial charge in [-0.05, 0) is 24.1 Å². The van der Waals surface area contributed by atoms with Gasteiger partial charge in [0.15, 0.2) is 0 Å². The van der Waals surface area contributed by atoms with E-state index in [4.69, 9.17) is 15.7 Å². The van der Waals surface area contributed by atoms with Gasteiger partial charge >= 0.3 is 0 Å². The highest BCUT2D eigenvalue weighted by molar-refractivity contribution is 5.97. The Bertz CT molecular complexity index is 416. The predicted molar refractivity (Wildman–Crippen MR) is 65.4 cm³/mol. The molecule has 0 aliphatic rings. The predicted octanol–water partition coefficient (Wildman–Crippen LogP) is 0.694. The summed E-state index contributed by atoms with van der Waals surface area (Å²) in [7, 11) is 1.53. The van der Waals surface area contributed by atoms with Crippen molar-refractivity contribution >= 4 is 12.0 Å².